The lowest BCUT2D eigenvalue weighted by molar-refractivity contribution is 0.101. The van der Waals surface area contributed by atoms with Crippen LogP contribution in [-0.4, -0.2) is 18.0 Å². The summed E-state index contributed by atoms with van der Waals surface area (Å²) >= 11 is 5.81. The lowest BCUT2D eigenvalue weighted by atomic mass is 9.78. The highest BCUT2D eigenvalue weighted by molar-refractivity contribution is 6.62. The monoisotopic (exact) mass is 315 g/mol. The van der Waals surface area contributed by atoms with Crippen LogP contribution in [0.5, 0.6) is 0 Å². The number of carbonyl (C=O) groups excluding carboxylic acids is 1. The van der Waals surface area contributed by atoms with E-state index in [1.165, 1.54) is 0 Å². The first-order valence-electron chi connectivity index (χ1n) is 6.94. The van der Waals surface area contributed by atoms with Crippen LogP contribution in [0.1, 0.15) is 29.8 Å². The van der Waals surface area contributed by atoms with Gasteiger partial charge >= 0.3 is 7.12 Å². The molecular formula is C16H15BClNO3. The number of anilines is 1. The molecule has 112 valence electrons. The molecule has 1 amide bonds. The Balaban J connectivity index is 1.84. The highest BCUT2D eigenvalue weighted by atomic mass is 35.5. The van der Waals surface area contributed by atoms with Crippen LogP contribution in [-0.2, 0) is 10.3 Å². The van der Waals surface area contributed by atoms with Gasteiger partial charge in [-0.2, -0.15) is 0 Å². The Kier molecular flexibility index (Phi) is 3.72. The SMILES string of the molecule is CC1(C)OB(O)c2cc(NC(=O)c3ccc(Cl)cc3)ccc21. The minimum atomic E-state index is -0.975. The third-order valence-corrected chi connectivity index (χ3v) is 3.99. The van der Waals surface area contributed by atoms with Crippen molar-refractivity contribution in [2.24, 2.45) is 0 Å². The lowest BCUT2D eigenvalue weighted by Crippen LogP contribution is -2.29. The molecule has 0 radical (unpaired) electrons. The number of rotatable bonds is 2. The summed E-state index contributed by atoms with van der Waals surface area (Å²) in [7, 11) is -0.975. The number of nitrogens with one attached hydrogen (secondary N) is 1. The fourth-order valence-electron chi connectivity index (χ4n) is 2.60. The van der Waals surface area contributed by atoms with E-state index in [2.05, 4.69) is 5.32 Å². The van der Waals surface area contributed by atoms with E-state index in [-0.39, 0.29) is 5.91 Å². The van der Waals surface area contributed by atoms with Crippen molar-refractivity contribution < 1.29 is 14.5 Å². The number of amides is 1. The molecule has 22 heavy (non-hydrogen) atoms. The third kappa shape index (κ3) is 2.75. The Morgan fingerprint density at radius 2 is 1.91 bits per heavy atom. The van der Waals surface area contributed by atoms with Crippen molar-refractivity contribution in [3.05, 3.63) is 58.6 Å². The summed E-state index contributed by atoms with van der Waals surface area (Å²) in [6.45, 7) is 3.79. The summed E-state index contributed by atoms with van der Waals surface area (Å²) in [5, 5.41) is 13.4. The topological polar surface area (TPSA) is 58.6 Å². The van der Waals surface area contributed by atoms with E-state index in [1.807, 2.05) is 19.9 Å². The Morgan fingerprint density at radius 3 is 2.59 bits per heavy atom. The van der Waals surface area contributed by atoms with Crippen molar-refractivity contribution in [3.8, 4) is 0 Å². The number of hydrogen-bond donors (Lipinski definition) is 2. The van der Waals surface area contributed by atoms with E-state index in [1.54, 1.807) is 36.4 Å². The van der Waals surface area contributed by atoms with Gasteiger partial charge in [-0.1, -0.05) is 17.7 Å². The molecule has 1 aliphatic rings. The van der Waals surface area contributed by atoms with Crippen LogP contribution >= 0.6 is 11.6 Å². The van der Waals surface area contributed by atoms with E-state index in [9.17, 15) is 9.82 Å². The average molecular weight is 316 g/mol. The maximum atomic E-state index is 12.2. The molecule has 0 saturated carbocycles. The molecule has 0 unspecified atom stereocenters. The zero-order valence-electron chi connectivity index (χ0n) is 12.3. The highest BCUT2D eigenvalue weighted by Gasteiger charge is 2.40. The minimum Gasteiger partial charge on any atom is -0.423 e. The van der Waals surface area contributed by atoms with Gasteiger partial charge in [-0.3, -0.25) is 4.79 Å². The van der Waals surface area contributed by atoms with Crippen LogP contribution in [0, 0.1) is 0 Å². The maximum Gasteiger partial charge on any atom is 0.492 e. The van der Waals surface area contributed by atoms with Gasteiger partial charge in [-0.25, -0.2) is 0 Å². The van der Waals surface area contributed by atoms with Gasteiger partial charge in [0.25, 0.3) is 5.91 Å². The molecule has 6 heteroatoms. The molecule has 0 aliphatic carbocycles. The molecule has 1 heterocycles. The zero-order valence-corrected chi connectivity index (χ0v) is 13.0. The van der Waals surface area contributed by atoms with E-state index in [0.717, 1.165) is 5.56 Å². The first-order chi connectivity index (χ1) is 10.4. The van der Waals surface area contributed by atoms with Crippen LogP contribution in [0.25, 0.3) is 0 Å². The standard InChI is InChI=1S/C16H15BClNO3/c1-16(2)13-8-7-12(9-14(13)17(21)22-16)19-15(20)10-3-5-11(18)6-4-10/h3-9,21H,1-2H3,(H,19,20). The second kappa shape index (κ2) is 5.43. The van der Waals surface area contributed by atoms with Crippen LogP contribution in [0.2, 0.25) is 5.02 Å². The first-order valence-corrected chi connectivity index (χ1v) is 7.32. The largest absolute Gasteiger partial charge is 0.492 e. The quantitative estimate of drug-likeness (QED) is 0.837. The molecule has 0 aromatic heterocycles. The molecule has 0 spiro atoms. The van der Waals surface area contributed by atoms with Gasteiger partial charge in [0, 0.05) is 16.3 Å². The predicted molar refractivity (Wildman–Crippen MR) is 87.6 cm³/mol. The third-order valence-electron chi connectivity index (χ3n) is 3.74. The van der Waals surface area contributed by atoms with Crippen LogP contribution in [0.3, 0.4) is 0 Å². The number of carbonyl (C=O) groups is 1. The Bertz CT molecular complexity index is 731. The van der Waals surface area contributed by atoms with Gasteiger partial charge in [-0.15, -0.1) is 0 Å². The van der Waals surface area contributed by atoms with Gasteiger partial charge in [0.1, 0.15) is 0 Å². The molecule has 0 fully saturated rings. The Morgan fingerprint density at radius 1 is 1.23 bits per heavy atom. The second-order valence-corrected chi connectivity index (χ2v) is 6.18. The summed E-state index contributed by atoms with van der Waals surface area (Å²) in [5.41, 5.74) is 2.19. The summed E-state index contributed by atoms with van der Waals surface area (Å²) < 4.78 is 5.51. The molecule has 3 rings (SSSR count). The van der Waals surface area contributed by atoms with Crippen LogP contribution in [0.4, 0.5) is 5.69 Å². The fraction of sp³-hybridized carbons (Fsp3) is 0.188. The smallest absolute Gasteiger partial charge is 0.423 e. The van der Waals surface area contributed by atoms with Gasteiger partial charge in [-0.05, 0) is 61.3 Å². The minimum absolute atomic E-state index is 0.232. The Labute approximate surface area is 134 Å². The average Bonchev–Trinajstić information content (AvgIpc) is 2.69. The van der Waals surface area contributed by atoms with Crippen molar-refractivity contribution in [2.45, 2.75) is 19.4 Å². The molecule has 2 aromatic carbocycles. The van der Waals surface area contributed by atoms with Gasteiger partial charge in [0.05, 0.1) is 5.60 Å². The first kappa shape index (κ1) is 15.1. The number of halogens is 1. The normalized spacial score (nSPS) is 15.5. The van der Waals surface area contributed by atoms with Crippen molar-refractivity contribution in [1.29, 1.82) is 0 Å². The molecule has 2 aromatic rings. The van der Waals surface area contributed by atoms with Crippen LogP contribution < -0.4 is 10.8 Å². The molecular weight excluding hydrogens is 300 g/mol. The van der Waals surface area contributed by atoms with Gasteiger partial charge in [0.2, 0.25) is 0 Å². The summed E-state index contributed by atoms with van der Waals surface area (Å²) in [4.78, 5) is 12.2. The number of benzene rings is 2. The van der Waals surface area contributed by atoms with E-state index in [0.29, 0.717) is 21.7 Å². The maximum absolute atomic E-state index is 12.2. The molecule has 0 atom stereocenters. The van der Waals surface area contributed by atoms with Gasteiger partial charge in [0.15, 0.2) is 0 Å². The van der Waals surface area contributed by atoms with Crippen LogP contribution in [0.15, 0.2) is 42.5 Å². The Hall–Kier alpha value is -1.82. The number of hydrogen-bond acceptors (Lipinski definition) is 3. The summed E-state index contributed by atoms with van der Waals surface area (Å²) in [6, 6.07) is 12.1. The van der Waals surface area contributed by atoms with Crippen molar-refractivity contribution in [1.82, 2.24) is 0 Å². The number of fused-ring (bicyclic) bond motifs is 1. The van der Waals surface area contributed by atoms with Crippen molar-refractivity contribution >= 4 is 35.8 Å². The molecule has 4 nitrogen and oxygen atoms in total. The van der Waals surface area contributed by atoms with Crippen molar-refractivity contribution in [3.63, 3.8) is 0 Å². The highest BCUT2D eigenvalue weighted by Crippen LogP contribution is 2.30. The summed E-state index contributed by atoms with van der Waals surface area (Å²) in [5.74, 6) is -0.232. The molecule has 0 saturated heterocycles. The van der Waals surface area contributed by atoms with E-state index < -0.39 is 12.7 Å². The lowest BCUT2D eigenvalue weighted by Gasteiger charge is -2.19. The molecule has 0 bridgehead atoms. The molecule has 1 aliphatic heterocycles. The van der Waals surface area contributed by atoms with Gasteiger partial charge < -0.3 is 15.0 Å². The zero-order chi connectivity index (χ0) is 15.9. The predicted octanol–water partition coefficient (Wildman–Crippen LogP) is 2.55. The van der Waals surface area contributed by atoms with E-state index >= 15 is 0 Å². The van der Waals surface area contributed by atoms with E-state index in [4.69, 9.17) is 16.3 Å². The fourth-order valence-corrected chi connectivity index (χ4v) is 2.73. The van der Waals surface area contributed by atoms with Crippen molar-refractivity contribution in [2.75, 3.05) is 5.32 Å². The second-order valence-electron chi connectivity index (χ2n) is 5.74. The summed E-state index contributed by atoms with van der Waals surface area (Å²) in [6.07, 6.45) is 0. The molecule has 2 N–H and O–H groups in total.